The van der Waals surface area contributed by atoms with Gasteiger partial charge in [-0.15, -0.1) is 24.0 Å². The smallest absolute Gasteiger partial charge is 0.233 e. The van der Waals surface area contributed by atoms with E-state index in [-0.39, 0.29) is 64.9 Å². The molecule has 2 amide bonds. The van der Waals surface area contributed by atoms with Gasteiger partial charge in [-0.2, -0.15) is 0 Å². The quantitative estimate of drug-likeness (QED) is 0.165. The van der Waals surface area contributed by atoms with Crippen molar-refractivity contribution < 1.29 is 14.3 Å². The molecule has 0 radical (unpaired) electrons. The molecule has 2 bridgehead atoms. The Labute approximate surface area is 196 Å². The Morgan fingerprint density at radius 2 is 1.80 bits per heavy atom. The van der Waals surface area contributed by atoms with Gasteiger partial charge in [-0.05, 0) is 42.9 Å². The Morgan fingerprint density at radius 3 is 2.37 bits per heavy atom. The van der Waals surface area contributed by atoms with Gasteiger partial charge in [0, 0.05) is 40.4 Å². The van der Waals surface area contributed by atoms with Gasteiger partial charge < -0.3 is 15.4 Å². The summed E-state index contributed by atoms with van der Waals surface area (Å²) in [7, 11) is 3.51. The molecule has 4 aliphatic rings. The lowest BCUT2D eigenvalue weighted by atomic mass is 9.83. The highest BCUT2D eigenvalue weighted by Crippen LogP contribution is 2.52. The predicted molar refractivity (Wildman–Crippen MR) is 127 cm³/mol. The first-order chi connectivity index (χ1) is 14.1. The minimum Gasteiger partial charge on any atom is -0.385 e. The van der Waals surface area contributed by atoms with Crippen LogP contribution >= 0.6 is 24.0 Å². The van der Waals surface area contributed by atoms with Gasteiger partial charge in [-0.25, -0.2) is 0 Å². The number of rotatable bonds is 8. The van der Waals surface area contributed by atoms with Crippen LogP contribution in [0, 0.1) is 29.1 Å². The number of hydrogen-bond acceptors (Lipinski definition) is 4. The summed E-state index contributed by atoms with van der Waals surface area (Å²) in [6, 6.07) is 0. The minimum atomic E-state index is -0.113. The van der Waals surface area contributed by atoms with E-state index in [1.165, 1.54) is 30.6 Å². The predicted octanol–water partition coefficient (Wildman–Crippen LogP) is 2.17. The van der Waals surface area contributed by atoms with Gasteiger partial charge in [0.1, 0.15) is 0 Å². The number of halogens is 1. The number of likely N-dealkylation sites (tertiary alicyclic amines) is 1. The molecule has 4 atom stereocenters. The number of fused-ring (bicyclic) bond motifs is 5. The molecule has 1 aliphatic heterocycles. The Hall–Kier alpha value is -1.16. The number of hydrogen-bond donors (Lipinski definition) is 2. The van der Waals surface area contributed by atoms with E-state index in [0.29, 0.717) is 13.1 Å². The zero-order chi connectivity index (χ0) is 20.4. The molecule has 168 valence electrons. The molecule has 3 fully saturated rings. The fourth-order valence-corrected chi connectivity index (χ4v) is 5.92. The van der Waals surface area contributed by atoms with E-state index < -0.39 is 0 Å². The van der Waals surface area contributed by atoms with Crippen LogP contribution < -0.4 is 10.6 Å². The number of methoxy groups -OCH3 is 1. The summed E-state index contributed by atoms with van der Waals surface area (Å²) in [5.74, 6) is 1.08. The molecule has 3 aliphatic carbocycles. The van der Waals surface area contributed by atoms with Gasteiger partial charge in [-0.1, -0.05) is 25.0 Å². The summed E-state index contributed by atoms with van der Waals surface area (Å²) < 4.78 is 5.31. The number of carbonyl (C=O) groups excluding carboxylic acids is 2. The van der Waals surface area contributed by atoms with Crippen LogP contribution in [-0.2, 0) is 14.3 Å². The lowest BCUT2D eigenvalue weighted by molar-refractivity contribution is -0.140. The first kappa shape index (κ1) is 23.5. The van der Waals surface area contributed by atoms with E-state index in [2.05, 4.69) is 27.8 Å². The lowest BCUT2D eigenvalue weighted by Crippen LogP contribution is -2.46. The van der Waals surface area contributed by atoms with E-state index in [1.54, 1.807) is 14.2 Å². The molecule has 4 rings (SSSR count). The molecule has 0 aromatic heterocycles. The number of aliphatic imine (C=N–C) groups is 1. The van der Waals surface area contributed by atoms with Crippen LogP contribution in [0.1, 0.15) is 38.5 Å². The van der Waals surface area contributed by atoms with Crippen LogP contribution in [0.2, 0.25) is 0 Å². The molecule has 2 saturated carbocycles. The number of ether oxygens (including phenoxy) is 1. The van der Waals surface area contributed by atoms with E-state index in [9.17, 15) is 9.59 Å². The van der Waals surface area contributed by atoms with Crippen LogP contribution in [0.4, 0.5) is 0 Å². The maximum absolute atomic E-state index is 12.8. The summed E-state index contributed by atoms with van der Waals surface area (Å²) >= 11 is 0. The fraction of sp³-hybridized carbons (Fsp3) is 0.773. The second-order valence-electron chi connectivity index (χ2n) is 9.13. The van der Waals surface area contributed by atoms with Gasteiger partial charge in [0.15, 0.2) is 5.96 Å². The zero-order valence-electron chi connectivity index (χ0n) is 18.1. The highest BCUT2D eigenvalue weighted by Gasteiger charge is 2.58. The maximum Gasteiger partial charge on any atom is 0.233 e. The van der Waals surface area contributed by atoms with Crippen LogP contribution in [0.15, 0.2) is 17.1 Å². The summed E-state index contributed by atoms with van der Waals surface area (Å²) in [5.41, 5.74) is 0.276. The normalized spacial score (nSPS) is 31.3. The third-order valence-corrected chi connectivity index (χ3v) is 7.54. The topological polar surface area (TPSA) is 83.0 Å². The first-order valence-electron chi connectivity index (χ1n) is 11.1. The zero-order valence-corrected chi connectivity index (χ0v) is 20.4. The van der Waals surface area contributed by atoms with E-state index in [4.69, 9.17) is 4.74 Å². The monoisotopic (exact) mass is 530 g/mol. The second kappa shape index (κ2) is 9.97. The molecule has 8 heteroatoms. The number of carbonyl (C=O) groups is 2. The molecule has 4 unspecified atom stereocenters. The molecule has 0 aromatic carbocycles. The Kier molecular flexibility index (Phi) is 7.81. The number of allylic oxidation sites excluding steroid dienone is 2. The SMILES string of the molecule is CN=C(NCCN1C(=O)C2C3C=CC(C3)C2C1=O)NCC1(CCOC)CCCC1.I. The molecular weight excluding hydrogens is 495 g/mol. The van der Waals surface area contributed by atoms with Crippen molar-refractivity contribution in [2.24, 2.45) is 34.1 Å². The highest BCUT2D eigenvalue weighted by molar-refractivity contribution is 14.0. The van der Waals surface area contributed by atoms with Crippen molar-refractivity contribution in [2.75, 3.05) is 40.4 Å². The number of imide groups is 1. The molecular formula is C22H35IN4O3. The van der Waals surface area contributed by atoms with Crippen molar-refractivity contribution in [2.45, 2.75) is 38.5 Å². The third-order valence-electron chi connectivity index (χ3n) is 7.54. The highest BCUT2D eigenvalue weighted by atomic mass is 127. The van der Waals surface area contributed by atoms with Crippen molar-refractivity contribution in [3.63, 3.8) is 0 Å². The third kappa shape index (κ3) is 4.40. The number of guanidine groups is 1. The summed E-state index contributed by atoms with van der Waals surface area (Å²) in [6.07, 6.45) is 11.3. The van der Waals surface area contributed by atoms with Gasteiger partial charge in [0.2, 0.25) is 11.8 Å². The Morgan fingerprint density at radius 1 is 1.17 bits per heavy atom. The van der Waals surface area contributed by atoms with Crippen molar-refractivity contribution >= 4 is 41.8 Å². The Balaban J connectivity index is 0.00000256. The lowest BCUT2D eigenvalue weighted by Gasteiger charge is -2.30. The van der Waals surface area contributed by atoms with Gasteiger partial charge in [0.25, 0.3) is 0 Å². The van der Waals surface area contributed by atoms with Crippen molar-refractivity contribution in [1.82, 2.24) is 15.5 Å². The maximum atomic E-state index is 12.8. The van der Waals surface area contributed by atoms with E-state index in [1.807, 2.05) is 0 Å². The average molecular weight is 530 g/mol. The van der Waals surface area contributed by atoms with Gasteiger partial charge >= 0.3 is 0 Å². The number of amides is 2. The summed E-state index contributed by atoms with van der Waals surface area (Å²) in [5, 5.41) is 6.74. The molecule has 0 spiro atoms. The average Bonchev–Trinajstić information content (AvgIpc) is 3.50. The van der Waals surface area contributed by atoms with Crippen LogP contribution in [0.25, 0.3) is 0 Å². The van der Waals surface area contributed by atoms with E-state index >= 15 is 0 Å². The molecule has 7 nitrogen and oxygen atoms in total. The molecule has 30 heavy (non-hydrogen) atoms. The fourth-order valence-electron chi connectivity index (χ4n) is 5.92. The van der Waals surface area contributed by atoms with E-state index in [0.717, 1.165) is 32.0 Å². The molecule has 1 heterocycles. The number of nitrogens with one attached hydrogen (secondary N) is 2. The van der Waals surface area contributed by atoms with Crippen LogP contribution in [0.3, 0.4) is 0 Å². The van der Waals surface area contributed by atoms with Gasteiger partial charge in [0.05, 0.1) is 11.8 Å². The summed E-state index contributed by atoms with van der Waals surface area (Å²) in [6.45, 7) is 2.58. The standard InChI is InChI=1S/C22H34N4O3.HI/c1-23-21(25-14-22(9-12-29-2)7-3-4-8-22)24-10-11-26-19(27)17-15-5-6-16(13-15)18(17)20(26)28;/h5-6,15-18H,3-4,7-14H2,1-2H3,(H2,23,24,25);1H. The largest absolute Gasteiger partial charge is 0.385 e. The molecule has 0 aromatic rings. The van der Waals surface area contributed by atoms with Crippen molar-refractivity contribution in [3.8, 4) is 0 Å². The van der Waals surface area contributed by atoms with Crippen LogP contribution in [0.5, 0.6) is 0 Å². The first-order valence-corrected chi connectivity index (χ1v) is 11.1. The van der Waals surface area contributed by atoms with Crippen LogP contribution in [-0.4, -0.2) is 63.1 Å². The van der Waals surface area contributed by atoms with Crippen molar-refractivity contribution in [1.29, 1.82) is 0 Å². The summed E-state index contributed by atoms with van der Waals surface area (Å²) in [4.78, 5) is 31.3. The molecule has 2 N–H and O–H groups in total. The molecule has 1 saturated heterocycles. The second-order valence-corrected chi connectivity index (χ2v) is 9.13. The van der Waals surface area contributed by atoms with Gasteiger partial charge in [-0.3, -0.25) is 19.5 Å². The van der Waals surface area contributed by atoms with Crippen molar-refractivity contribution in [3.05, 3.63) is 12.2 Å². The minimum absolute atomic E-state index is 0. The number of nitrogens with zero attached hydrogens (tertiary/aromatic N) is 2. The Bertz CT molecular complexity index is 674.